The normalized spacial score (nSPS) is 13.2. The molecule has 1 N–H and O–H groups in total. The van der Waals surface area contributed by atoms with Gasteiger partial charge in [0.2, 0.25) is 0 Å². The summed E-state index contributed by atoms with van der Waals surface area (Å²) < 4.78 is 27.5. The van der Waals surface area contributed by atoms with E-state index in [1.165, 1.54) is 29.6 Å². The van der Waals surface area contributed by atoms with E-state index in [-0.39, 0.29) is 5.69 Å². The quantitative estimate of drug-likeness (QED) is 0.770. The molecule has 1 amide bonds. The van der Waals surface area contributed by atoms with E-state index in [1.54, 1.807) is 0 Å². The van der Waals surface area contributed by atoms with Crippen molar-refractivity contribution in [3.05, 3.63) is 83.3 Å². The third kappa shape index (κ3) is 3.48. The Morgan fingerprint density at radius 2 is 1.74 bits per heavy atom. The molecule has 3 aromatic rings. The Bertz CT molecular complexity index is 989. The highest BCUT2D eigenvalue weighted by Gasteiger charge is 2.20. The number of aromatic nitrogens is 2. The van der Waals surface area contributed by atoms with E-state index in [2.05, 4.69) is 27.4 Å². The smallest absolute Gasteiger partial charge is 0.274 e. The summed E-state index contributed by atoms with van der Waals surface area (Å²) in [7, 11) is 0. The number of benzene rings is 2. The third-order valence-corrected chi connectivity index (χ3v) is 4.54. The number of amides is 1. The molecule has 1 aliphatic heterocycles. The van der Waals surface area contributed by atoms with Crippen molar-refractivity contribution in [1.82, 2.24) is 9.97 Å². The van der Waals surface area contributed by atoms with Crippen LogP contribution in [0.2, 0.25) is 0 Å². The first-order valence-electron chi connectivity index (χ1n) is 8.51. The summed E-state index contributed by atoms with van der Waals surface area (Å²) in [4.78, 5) is 22.6. The molecule has 2 aromatic carbocycles. The van der Waals surface area contributed by atoms with Crippen molar-refractivity contribution in [2.24, 2.45) is 0 Å². The summed E-state index contributed by atoms with van der Waals surface area (Å²) in [5.41, 5.74) is 2.06. The van der Waals surface area contributed by atoms with E-state index in [4.69, 9.17) is 0 Å². The molecule has 0 saturated heterocycles. The van der Waals surface area contributed by atoms with Crippen LogP contribution in [0.5, 0.6) is 0 Å². The standard InChI is InChI=1S/C20H16F2N4O/c21-15-6-3-7-16(22)19(15)25-20(27)17-10-18(24-12-23-17)26-9-8-13-4-1-2-5-14(13)11-26/h1-7,10,12H,8-9,11H2,(H,25,27). The second kappa shape index (κ2) is 7.11. The number of rotatable bonds is 3. The maximum atomic E-state index is 13.7. The van der Waals surface area contributed by atoms with Crippen LogP contribution in [-0.4, -0.2) is 22.4 Å². The molecule has 0 unspecified atom stereocenters. The maximum Gasteiger partial charge on any atom is 0.274 e. The van der Waals surface area contributed by atoms with Gasteiger partial charge < -0.3 is 10.2 Å². The van der Waals surface area contributed by atoms with E-state index >= 15 is 0 Å². The molecule has 0 bridgehead atoms. The van der Waals surface area contributed by atoms with Crippen molar-refractivity contribution in [3.8, 4) is 0 Å². The molecular formula is C20H16F2N4O. The lowest BCUT2D eigenvalue weighted by molar-refractivity contribution is 0.102. The summed E-state index contributed by atoms with van der Waals surface area (Å²) in [6.45, 7) is 1.44. The van der Waals surface area contributed by atoms with Gasteiger partial charge in [-0.25, -0.2) is 18.7 Å². The fraction of sp³-hybridized carbons (Fsp3) is 0.150. The van der Waals surface area contributed by atoms with Gasteiger partial charge in [0.1, 0.15) is 35.2 Å². The molecule has 1 aliphatic rings. The highest BCUT2D eigenvalue weighted by molar-refractivity contribution is 6.03. The van der Waals surface area contributed by atoms with Gasteiger partial charge in [0.05, 0.1) is 0 Å². The fourth-order valence-electron chi connectivity index (χ4n) is 3.13. The lowest BCUT2D eigenvalue weighted by Crippen LogP contribution is -2.31. The Kier molecular flexibility index (Phi) is 4.50. The Balaban J connectivity index is 1.55. The van der Waals surface area contributed by atoms with E-state index in [0.717, 1.165) is 25.1 Å². The molecule has 4 rings (SSSR count). The van der Waals surface area contributed by atoms with Crippen molar-refractivity contribution in [2.75, 3.05) is 16.8 Å². The average molecular weight is 366 g/mol. The van der Waals surface area contributed by atoms with Crippen LogP contribution in [0, 0.1) is 11.6 Å². The lowest BCUT2D eigenvalue weighted by Gasteiger charge is -2.29. The topological polar surface area (TPSA) is 58.1 Å². The average Bonchev–Trinajstić information content (AvgIpc) is 2.70. The van der Waals surface area contributed by atoms with Crippen LogP contribution in [0.1, 0.15) is 21.6 Å². The molecule has 0 radical (unpaired) electrons. The first-order valence-corrected chi connectivity index (χ1v) is 8.51. The number of carbonyl (C=O) groups excluding carboxylic acids is 1. The van der Waals surface area contributed by atoms with Crippen molar-refractivity contribution in [3.63, 3.8) is 0 Å². The molecule has 0 spiro atoms. The summed E-state index contributed by atoms with van der Waals surface area (Å²) in [6, 6.07) is 13.1. The number of hydrogen-bond acceptors (Lipinski definition) is 4. The van der Waals surface area contributed by atoms with Crippen molar-refractivity contribution in [2.45, 2.75) is 13.0 Å². The van der Waals surface area contributed by atoms with Crippen LogP contribution < -0.4 is 10.2 Å². The number of hydrogen-bond donors (Lipinski definition) is 1. The summed E-state index contributed by atoms with van der Waals surface area (Å²) in [6.07, 6.45) is 2.16. The van der Waals surface area contributed by atoms with Gasteiger partial charge in [0.15, 0.2) is 0 Å². The monoisotopic (exact) mass is 366 g/mol. The number of nitrogens with one attached hydrogen (secondary N) is 1. The molecule has 0 fully saturated rings. The Hall–Kier alpha value is -3.35. The molecule has 0 aliphatic carbocycles. The zero-order chi connectivity index (χ0) is 18.8. The number of carbonyl (C=O) groups is 1. The highest BCUT2D eigenvalue weighted by atomic mass is 19.1. The van der Waals surface area contributed by atoms with Gasteiger partial charge in [-0.15, -0.1) is 0 Å². The molecule has 7 heteroatoms. The SMILES string of the molecule is O=C(Nc1c(F)cccc1F)c1cc(N2CCc3ccccc3C2)ncn1. The predicted molar refractivity (Wildman–Crippen MR) is 97.5 cm³/mol. The van der Waals surface area contributed by atoms with Crippen LogP contribution in [-0.2, 0) is 13.0 Å². The molecule has 1 aromatic heterocycles. The number of fused-ring (bicyclic) bond motifs is 1. The second-order valence-corrected chi connectivity index (χ2v) is 6.25. The minimum Gasteiger partial charge on any atom is -0.352 e. The zero-order valence-electron chi connectivity index (χ0n) is 14.3. The number of para-hydroxylation sites is 1. The largest absolute Gasteiger partial charge is 0.352 e. The maximum absolute atomic E-state index is 13.7. The summed E-state index contributed by atoms with van der Waals surface area (Å²) in [5, 5.41) is 2.24. The first-order chi connectivity index (χ1) is 13.1. The van der Waals surface area contributed by atoms with E-state index in [9.17, 15) is 13.6 Å². The van der Waals surface area contributed by atoms with Crippen molar-refractivity contribution < 1.29 is 13.6 Å². The Labute approximate surface area is 154 Å². The van der Waals surface area contributed by atoms with Gasteiger partial charge in [0, 0.05) is 19.2 Å². The summed E-state index contributed by atoms with van der Waals surface area (Å²) >= 11 is 0. The highest BCUT2D eigenvalue weighted by Crippen LogP contribution is 2.24. The van der Waals surface area contributed by atoms with E-state index in [1.807, 2.05) is 17.0 Å². The number of halogens is 2. The number of nitrogens with zero attached hydrogens (tertiary/aromatic N) is 3. The summed E-state index contributed by atoms with van der Waals surface area (Å²) in [5.74, 6) is -1.78. The molecule has 0 saturated carbocycles. The van der Waals surface area contributed by atoms with Crippen molar-refractivity contribution in [1.29, 1.82) is 0 Å². The third-order valence-electron chi connectivity index (χ3n) is 4.54. The van der Waals surface area contributed by atoms with Gasteiger partial charge in [-0.3, -0.25) is 4.79 Å². The van der Waals surface area contributed by atoms with Gasteiger partial charge >= 0.3 is 0 Å². The van der Waals surface area contributed by atoms with Gasteiger partial charge in [-0.2, -0.15) is 0 Å². The number of anilines is 2. The molecule has 2 heterocycles. The van der Waals surface area contributed by atoms with E-state index < -0.39 is 23.2 Å². The Morgan fingerprint density at radius 3 is 2.52 bits per heavy atom. The van der Waals surface area contributed by atoms with Crippen molar-refractivity contribution >= 4 is 17.4 Å². The predicted octanol–water partition coefficient (Wildman–Crippen LogP) is 3.57. The van der Waals surface area contributed by atoms with E-state index in [0.29, 0.717) is 12.4 Å². The van der Waals surface area contributed by atoms with Crippen LogP contribution in [0.25, 0.3) is 0 Å². The fourth-order valence-corrected chi connectivity index (χ4v) is 3.13. The van der Waals surface area contributed by atoms with Gasteiger partial charge in [-0.1, -0.05) is 30.3 Å². The molecule has 0 atom stereocenters. The molecule has 136 valence electrons. The minimum atomic E-state index is -0.842. The molecule has 5 nitrogen and oxygen atoms in total. The lowest BCUT2D eigenvalue weighted by atomic mass is 10.00. The molecule has 27 heavy (non-hydrogen) atoms. The molecular weight excluding hydrogens is 350 g/mol. The van der Waals surface area contributed by atoms with Crippen LogP contribution >= 0.6 is 0 Å². The van der Waals surface area contributed by atoms with Crippen LogP contribution in [0.3, 0.4) is 0 Å². The van der Waals surface area contributed by atoms with Crippen LogP contribution in [0.4, 0.5) is 20.3 Å². The van der Waals surface area contributed by atoms with Crippen LogP contribution in [0.15, 0.2) is 54.9 Å². The van der Waals surface area contributed by atoms with Gasteiger partial charge in [-0.05, 0) is 29.7 Å². The minimum absolute atomic E-state index is 0.0431. The second-order valence-electron chi connectivity index (χ2n) is 6.25. The Morgan fingerprint density at radius 1 is 1.00 bits per heavy atom. The van der Waals surface area contributed by atoms with Gasteiger partial charge in [0.25, 0.3) is 5.91 Å². The zero-order valence-corrected chi connectivity index (χ0v) is 14.3. The first kappa shape index (κ1) is 17.1.